The number of rotatable bonds is 1. The number of nitrogens with zero attached hydrogens (tertiary/aromatic N) is 1. The molecular weight excluding hydrogens is 126 g/mol. The van der Waals surface area contributed by atoms with E-state index in [4.69, 9.17) is 5.73 Å². The average Bonchev–Trinajstić information content (AvgIpc) is 1.85. The molecule has 0 saturated carbocycles. The second-order valence-corrected chi connectivity index (χ2v) is 2.28. The van der Waals surface area contributed by atoms with Gasteiger partial charge < -0.3 is 5.73 Å². The van der Waals surface area contributed by atoms with Gasteiger partial charge in [-0.2, -0.15) is 5.43 Å². The Morgan fingerprint density at radius 3 is 2.70 bits per heavy atom. The van der Waals surface area contributed by atoms with Crippen molar-refractivity contribution >= 4 is 5.69 Å². The Morgan fingerprint density at radius 2 is 2.20 bits per heavy atom. The third-order valence-corrected chi connectivity index (χ3v) is 1.28. The second-order valence-electron chi connectivity index (χ2n) is 2.28. The van der Waals surface area contributed by atoms with Crippen LogP contribution in [0.3, 0.4) is 0 Å². The summed E-state index contributed by atoms with van der Waals surface area (Å²) in [6.45, 7) is 2.00. The summed E-state index contributed by atoms with van der Waals surface area (Å²) in [5.41, 5.74) is 10.4. The maximum absolute atomic E-state index is 5.57. The van der Waals surface area contributed by atoms with Gasteiger partial charge in [0.05, 0.1) is 12.7 Å². The molecule has 0 atom stereocenters. The molecule has 1 heterocycles. The maximum Gasteiger partial charge on any atom is 0.222 e. The topological polar surface area (TPSA) is 41.9 Å². The van der Waals surface area contributed by atoms with Crippen LogP contribution < -0.4 is 15.8 Å². The second kappa shape index (κ2) is 2.56. The van der Waals surface area contributed by atoms with Gasteiger partial charge >= 0.3 is 0 Å². The molecule has 0 radical (unpaired) electrons. The lowest BCUT2D eigenvalue weighted by Gasteiger charge is -1.95. The number of anilines is 1. The summed E-state index contributed by atoms with van der Waals surface area (Å²) < 4.78 is 1.82. The summed E-state index contributed by atoms with van der Waals surface area (Å²) in [5.74, 6) is 0. The number of aromatic nitrogens is 1. The molecule has 0 aliphatic heterocycles. The van der Waals surface area contributed by atoms with Crippen molar-refractivity contribution in [1.82, 2.24) is 0 Å². The molecule has 10 heavy (non-hydrogen) atoms. The number of aryl methyl sites for hydroxylation is 1. The van der Waals surface area contributed by atoms with Crippen molar-refractivity contribution < 1.29 is 4.68 Å². The summed E-state index contributed by atoms with van der Waals surface area (Å²) in [7, 11) is 1.85. The third kappa shape index (κ3) is 1.37. The van der Waals surface area contributed by atoms with Crippen LogP contribution in [0.25, 0.3) is 0 Å². The SMILES string of the molecule is CN[n+]1cc(C)cc(N)c1. The van der Waals surface area contributed by atoms with Crippen LogP contribution in [0.1, 0.15) is 5.56 Å². The van der Waals surface area contributed by atoms with Crippen molar-refractivity contribution in [3.63, 3.8) is 0 Å². The number of nitrogens with one attached hydrogen (secondary N) is 1. The first-order chi connectivity index (χ1) is 4.72. The van der Waals surface area contributed by atoms with Crippen molar-refractivity contribution in [1.29, 1.82) is 0 Å². The first-order valence-electron chi connectivity index (χ1n) is 3.18. The lowest BCUT2D eigenvalue weighted by molar-refractivity contribution is -0.647. The first kappa shape index (κ1) is 6.86. The molecule has 0 spiro atoms. The van der Waals surface area contributed by atoms with Crippen LogP contribution in [0.5, 0.6) is 0 Å². The van der Waals surface area contributed by atoms with Crippen LogP contribution in [-0.4, -0.2) is 7.05 Å². The van der Waals surface area contributed by atoms with E-state index in [2.05, 4.69) is 5.43 Å². The Morgan fingerprint density at radius 1 is 1.50 bits per heavy atom. The van der Waals surface area contributed by atoms with Crippen molar-refractivity contribution in [2.75, 3.05) is 18.2 Å². The largest absolute Gasteiger partial charge is 0.394 e. The highest BCUT2D eigenvalue weighted by molar-refractivity contribution is 5.34. The molecule has 0 aromatic carbocycles. The summed E-state index contributed by atoms with van der Waals surface area (Å²) in [5, 5.41) is 0. The van der Waals surface area contributed by atoms with Crippen LogP contribution in [-0.2, 0) is 0 Å². The van der Waals surface area contributed by atoms with Gasteiger partial charge in [0.2, 0.25) is 12.4 Å². The highest BCUT2D eigenvalue weighted by atomic mass is 15.4. The van der Waals surface area contributed by atoms with Crippen molar-refractivity contribution in [3.05, 3.63) is 24.0 Å². The molecule has 3 N–H and O–H groups in total. The van der Waals surface area contributed by atoms with E-state index in [0.717, 1.165) is 11.3 Å². The molecule has 0 unspecified atom stereocenters. The lowest BCUT2D eigenvalue weighted by atomic mass is 10.3. The van der Waals surface area contributed by atoms with Gasteiger partial charge in [-0.15, -0.1) is 0 Å². The Kier molecular flexibility index (Phi) is 1.76. The first-order valence-corrected chi connectivity index (χ1v) is 3.18. The summed E-state index contributed by atoms with van der Waals surface area (Å²) in [4.78, 5) is 0. The molecule has 1 rings (SSSR count). The zero-order valence-corrected chi connectivity index (χ0v) is 6.26. The normalized spacial score (nSPS) is 9.40. The van der Waals surface area contributed by atoms with Crippen molar-refractivity contribution in [2.24, 2.45) is 0 Å². The number of hydrogen-bond donors (Lipinski definition) is 2. The molecule has 0 fully saturated rings. The molecule has 0 bridgehead atoms. The molecule has 3 nitrogen and oxygen atoms in total. The maximum atomic E-state index is 5.57. The monoisotopic (exact) mass is 138 g/mol. The fourth-order valence-electron chi connectivity index (χ4n) is 0.884. The van der Waals surface area contributed by atoms with Crippen molar-refractivity contribution in [2.45, 2.75) is 6.92 Å². The molecule has 0 amide bonds. The molecule has 1 aromatic rings. The van der Waals surface area contributed by atoms with E-state index >= 15 is 0 Å². The van der Waals surface area contributed by atoms with Gasteiger partial charge in [-0.3, -0.25) is 0 Å². The Balaban J connectivity index is 3.06. The van der Waals surface area contributed by atoms with E-state index in [9.17, 15) is 0 Å². The zero-order chi connectivity index (χ0) is 7.56. The predicted octanol–water partition coefficient (Wildman–Crippen LogP) is 0.0380. The van der Waals surface area contributed by atoms with Gasteiger partial charge in [0.25, 0.3) is 0 Å². The fourth-order valence-corrected chi connectivity index (χ4v) is 0.884. The standard InChI is InChI=1S/C7H12N3/c1-6-3-7(8)5-10(4-6)9-2/h3-5,9H,8H2,1-2H3/q+1. The van der Waals surface area contributed by atoms with Gasteiger partial charge in [0.1, 0.15) is 0 Å². The van der Waals surface area contributed by atoms with E-state index < -0.39 is 0 Å². The Labute approximate surface area is 60.5 Å². The van der Waals surface area contributed by atoms with Crippen LogP contribution in [0.15, 0.2) is 18.5 Å². The van der Waals surface area contributed by atoms with Gasteiger partial charge in [-0.1, -0.05) is 4.68 Å². The number of hydrogen-bond acceptors (Lipinski definition) is 2. The molecule has 54 valence electrons. The quantitative estimate of drug-likeness (QED) is 0.538. The van der Waals surface area contributed by atoms with Crippen LogP contribution >= 0.6 is 0 Å². The predicted molar refractivity (Wildman–Crippen MR) is 41.1 cm³/mol. The fraction of sp³-hybridized carbons (Fsp3) is 0.286. The number of pyridine rings is 1. The molecular formula is C7H12N3+. The lowest BCUT2D eigenvalue weighted by Crippen LogP contribution is -2.42. The van der Waals surface area contributed by atoms with Crippen LogP contribution in [0.2, 0.25) is 0 Å². The molecule has 0 aliphatic carbocycles. The number of nitrogen functional groups attached to an aromatic ring is 1. The van der Waals surface area contributed by atoms with E-state index in [-0.39, 0.29) is 0 Å². The summed E-state index contributed by atoms with van der Waals surface area (Å²) >= 11 is 0. The van der Waals surface area contributed by atoms with Gasteiger partial charge in [-0.05, 0) is 13.0 Å². The van der Waals surface area contributed by atoms with E-state index in [1.807, 2.05) is 37.1 Å². The van der Waals surface area contributed by atoms with Gasteiger partial charge in [-0.25, -0.2) is 0 Å². The summed E-state index contributed by atoms with van der Waals surface area (Å²) in [6, 6.07) is 1.92. The van der Waals surface area contributed by atoms with E-state index in [1.54, 1.807) is 0 Å². The highest BCUT2D eigenvalue weighted by Gasteiger charge is 1.98. The highest BCUT2D eigenvalue weighted by Crippen LogP contribution is 1.98. The van der Waals surface area contributed by atoms with E-state index in [1.165, 1.54) is 0 Å². The van der Waals surface area contributed by atoms with Crippen LogP contribution in [0.4, 0.5) is 5.69 Å². The third-order valence-electron chi connectivity index (χ3n) is 1.28. The minimum Gasteiger partial charge on any atom is -0.394 e. The molecule has 0 saturated heterocycles. The zero-order valence-electron chi connectivity index (χ0n) is 6.26. The minimum absolute atomic E-state index is 0.773. The molecule has 1 aromatic heterocycles. The van der Waals surface area contributed by atoms with Crippen molar-refractivity contribution in [3.8, 4) is 0 Å². The Bertz CT molecular complexity index is 212. The number of nitrogens with two attached hydrogens (primary N) is 1. The summed E-state index contributed by atoms with van der Waals surface area (Å²) in [6.07, 6.45) is 3.80. The molecule has 3 heteroatoms. The molecule has 0 aliphatic rings. The Hall–Kier alpha value is -1.25. The van der Waals surface area contributed by atoms with Gasteiger partial charge in [0.15, 0.2) is 0 Å². The average molecular weight is 138 g/mol. The van der Waals surface area contributed by atoms with Crippen LogP contribution in [0, 0.1) is 6.92 Å². The van der Waals surface area contributed by atoms with Gasteiger partial charge in [0, 0.05) is 5.56 Å². The smallest absolute Gasteiger partial charge is 0.222 e. The minimum atomic E-state index is 0.773. The van der Waals surface area contributed by atoms with E-state index in [0.29, 0.717) is 0 Å².